The lowest BCUT2D eigenvalue weighted by Crippen LogP contribution is -2.26. The van der Waals surface area contributed by atoms with E-state index < -0.39 is 0 Å². The number of pyridine rings is 1. The summed E-state index contributed by atoms with van der Waals surface area (Å²) >= 11 is 0. The largest absolute Gasteiger partial charge is 0.497 e. The van der Waals surface area contributed by atoms with E-state index in [1.54, 1.807) is 25.7 Å². The Morgan fingerprint density at radius 2 is 1.77 bits per heavy atom. The van der Waals surface area contributed by atoms with E-state index in [9.17, 15) is 4.79 Å². The van der Waals surface area contributed by atoms with Crippen molar-refractivity contribution in [1.29, 1.82) is 0 Å². The van der Waals surface area contributed by atoms with Gasteiger partial charge in [0.15, 0.2) is 5.65 Å². The van der Waals surface area contributed by atoms with Crippen LogP contribution in [0, 0.1) is 0 Å². The van der Waals surface area contributed by atoms with Gasteiger partial charge in [-0.2, -0.15) is 9.78 Å². The number of anilines is 1. The predicted octanol–water partition coefficient (Wildman–Crippen LogP) is 3.43. The van der Waals surface area contributed by atoms with E-state index in [0.29, 0.717) is 35.2 Å². The number of nitrogens with two attached hydrogens (primary N) is 1. The Kier molecular flexibility index (Phi) is 6.04. The van der Waals surface area contributed by atoms with Crippen LogP contribution in [-0.4, -0.2) is 45.4 Å². The normalized spacial score (nSPS) is 11.3. The van der Waals surface area contributed by atoms with Crippen LogP contribution in [0.4, 0.5) is 5.82 Å². The first-order valence-electron chi connectivity index (χ1n) is 11.1. The van der Waals surface area contributed by atoms with Crippen molar-refractivity contribution in [1.82, 2.24) is 24.9 Å². The zero-order valence-corrected chi connectivity index (χ0v) is 19.0. The Bertz CT molecular complexity index is 1530. The average molecular weight is 466 g/mol. The first-order chi connectivity index (χ1) is 17.1. The number of nitrogens with zero attached hydrogens (tertiary/aromatic N) is 5. The molecule has 0 unspecified atom stereocenters. The molecule has 0 radical (unpaired) electrons. The average Bonchev–Trinajstić information content (AvgIpc) is 3.17. The second-order valence-corrected chi connectivity index (χ2v) is 7.84. The monoisotopic (exact) mass is 465 g/mol. The van der Waals surface area contributed by atoms with Gasteiger partial charge in [0.05, 0.1) is 24.4 Å². The van der Waals surface area contributed by atoms with E-state index in [1.807, 2.05) is 60.7 Å². The molecule has 35 heavy (non-hydrogen) atoms. The molecule has 5 aromatic rings. The number of nitrogen functional groups attached to an aromatic ring is 1. The highest BCUT2D eigenvalue weighted by atomic mass is 16.5. The molecule has 2 aromatic carbocycles. The van der Waals surface area contributed by atoms with E-state index in [4.69, 9.17) is 20.4 Å². The van der Waals surface area contributed by atoms with Crippen molar-refractivity contribution >= 4 is 40.1 Å². The lowest BCUT2D eigenvalue weighted by molar-refractivity contribution is 0.0956. The summed E-state index contributed by atoms with van der Waals surface area (Å²) in [5.41, 5.74) is 10.8. The molecule has 5 rings (SSSR count). The fraction of sp³-hybridized carbons (Fsp3) is 0.115. The standard InChI is InChI=1S/C26H23N7O2/c1-35-19-8-6-17(7-9-19)12-15-29-26(34)22-23-25(32-21-5-3-2-4-20(21)31-23)33(24(22)27)30-16-18-10-13-28-14-11-18/h2-11,13-14,16H,12,15,27H2,1H3,(H,29,34). The molecule has 3 N–H and O–H groups in total. The van der Waals surface area contributed by atoms with Crippen LogP contribution in [0.3, 0.4) is 0 Å². The Labute approximate surface area is 201 Å². The molecule has 0 spiro atoms. The van der Waals surface area contributed by atoms with Crippen molar-refractivity contribution in [2.45, 2.75) is 6.42 Å². The van der Waals surface area contributed by atoms with Crippen LogP contribution < -0.4 is 15.8 Å². The van der Waals surface area contributed by atoms with Gasteiger partial charge in [-0.05, 0) is 53.9 Å². The Morgan fingerprint density at radius 1 is 1.06 bits per heavy atom. The molecule has 3 heterocycles. The van der Waals surface area contributed by atoms with Crippen molar-refractivity contribution < 1.29 is 9.53 Å². The van der Waals surface area contributed by atoms with Crippen molar-refractivity contribution in [3.8, 4) is 5.75 Å². The summed E-state index contributed by atoms with van der Waals surface area (Å²) in [6.07, 6.45) is 5.64. The van der Waals surface area contributed by atoms with Gasteiger partial charge >= 0.3 is 0 Å². The van der Waals surface area contributed by atoms with Crippen LogP contribution in [0.5, 0.6) is 5.75 Å². The van der Waals surface area contributed by atoms with Crippen LogP contribution in [-0.2, 0) is 6.42 Å². The SMILES string of the molecule is COc1ccc(CCNC(=O)c2c(N)n(N=Cc3ccncc3)c3nc4ccccc4nc23)cc1. The molecular weight excluding hydrogens is 442 g/mol. The van der Waals surface area contributed by atoms with Crippen molar-refractivity contribution in [2.75, 3.05) is 19.4 Å². The maximum absolute atomic E-state index is 13.2. The van der Waals surface area contributed by atoms with Crippen molar-refractivity contribution in [3.63, 3.8) is 0 Å². The molecule has 9 heteroatoms. The lowest BCUT2D eigenvalue weighted by atomic mass is 10.1. The third-order valence-electron chi connectivity index (χ3n) is 5.59. The zero-order chi connectivity index (χ0) is 24.2. The molecule has 0 atom stereocenters. The number of carbonyl (C=O) groups is 1. The number of carbonyl (C=O) groups excluding carboxylic acids is 1. The Balaban J connectivity index is 1.48. The fourth-order valence-electron chi connectivity index (χ4n) is 3.76. The molecule has 0 bridgehead atoms. The highest BCUT2D eigenvalue weighted by Crippen LogP contribution is 2.27. The van der Waals surface area contributed by atoms with Crippen LogP contribution in [0.1, 0.15) is 21.5 Å². The number of fused-ring (bicyclic) bond motifs is 2. The second-order valence-electron chi connectivity index (χ2n) is 7.84. The van der Waals surface area contributed by atoms with Gasteiger partial charge in [-0.15, -0.1) is 0 Å². The van der Waals surface area contributed by atoms with Crippen LogP contribution in [0.15, 0.2) is 78.2 Å². The van der Waals surface area contributed by atoms with Crippen LogP contribution in [0.25, 0.3) is 22.2 Å². The highest BCUT2D eigenvalue weighted by molar-refractivity contribution is 6.10. The number of hydrogen-bond acceptors (Lipinski definition) is 7. The fourth-order valence-corrected chi connectivity index (χ4v) is 3.76. The molecule has 3 aromatic heterocycles. The smallest absolute Gasteiger partial charge is 0.257 e. The van der Waals surface area contributed by atoms with Crippen LogP contribution >= 0.6 is 0 Å². The summed E-state index contributed by atoms with van der Waals surface area (Å²) in [6.45, 7) is 0.429. The van der Waals surface area contributed by atoms with Gasteiger partial charge in [0.1, 0.15) is 22.6 Å². The summed E-state index contributed by atoms with van der Waals surface area (Å²) < 4.78 is 6.64. The number of ether oxygens (including phenoxy) is 1. The zero-order valence-electron chi connectivity index (χ0n) is 19.0. The molecule has 0 aliphatic carbocycles. The number of para-hydroxylation sites is 2. The summed E-state index contributed by atoms with van der Waals surface area (Å²) in [7, 11) is 1.63. The second kappa shape index (κ2) is 9.60. The Hall–Kier alpha value is -4.79. The number of methoxy groups -OCH3 is 1. The summed E-state index contributed by atoms with van der Waals surface area (Å²) in [6, 6.07) is 18.8. The summed E-state index contributed by atoms with van der Waals surface area (Å²) in [4.78, 5) is 26.7. The molecule has 9 nitrogen and oxygen atoms in total. The van der Waals surface area contributed by atoms with Gasteiger partial charge in [-0.3, -0.25) is 9.78 Å². The van der Waals surface area contributed by atoms with E-state index in [-0.39, 0.29) is 17.3 Å². The minimum Gasteiger partial charge on any atom is -0.497 e. The van der Waals surface area contributed by atoms with E-state index in [1.165, 1.54) is 4.68 Å². The predicted molar refractivity (Wildman–Crippen MR) is 136 cm³/mol. The van der Waals surface area contributed by atoms with Gasteiger partial charge in [0.2, 0.25) is 0 Å². The van der Waals surface area contributed by atoms with E-state index in [0.717, 1.165) is 16.9 Å². The topological polar surface area (TPSA) is 120 Å². The van der Waals surface area contributed by atoms with Gasteiger partial charge in [-0.25, -0.2) is 9.97 Å². The molecule has 174 valence electrons. The number of benzene rings is 2. The number of rotatable bonds is 7. The minimum absolute atomic E-state index is 0.169. The van der Waals surface area contributed by atoms with Gasteiger partial charge in [0.25, 0.3) is 5.91 Å². The Morgan fingerprint density at radius 3 is 2.49 bits per heavy atom. The van der Waals surface area contributed by atoms with E-state index >= 15 is 0 Å². The highest BCUT2D eigenvalue weighted by Gasteiger charge is 2.23. The quantitative estimate of drug-likeness (QED) is 0.355. The van der Waals surface area contributed by atoms with Crippen molar-refractivity contribution in [2.24, 2.45) is 5.10 Å². The van der Waals surface area contributed by atoms with Gasteiger partial charge in [0, 0.05) is 18.9 Å². The molecule has 0 saturated heterocycles. The van der Waals surface area contributed by atoms with Gasteiger partial charge in [-0.1, -0.05) is 24.3 Å². The van der Waals surface area contributed by atoms with Crippen molar-refractivity contribution in [3.05, 3.63) is 89.7 Å². The number of aromatic nitrogens is 4. The molecular formula is C26H23N7O2. The maximum atomic E-state index is 13.2. The first-order valence-corrected chi connectivity index (χ1v) is 11.1. The lowest BCUT2D eigenvalue weighted by Gasteiger charge is -2.06. The molecule has 1 amide bonds. The minimum atomic E-state index is -0.330. The summed E-state index contributed by atoms with van der Waals surface area (Å²) in [5.74, 6) is 0.627. The molecule has 0 fully saturated rings. The molecule has 0 aliphatic rings. The number of amides is 1. The maximum Gasteiger partial charge on any atom is 0.257 e. The third-order valence-corrected chi connectivity index (χ3v) is 5.59. The third kappa shape index (κ3) is 4.51. The first kappa shape index (κ1) is 22.0. The van der Waals surface area contributed by atoms with E-state index in [2.05, 4.69) is 15.4 Å². The number of hydrogen-bond donors (Lipinski definition) is 2. The molecule has 0 aliphatic heterocycles. The van der Waals surface area contributed by atoms with Gasteiger partial charge < -0.3 is 15.8 Å². The summed E-state index contributed by atoms with van der Waals surface area (Å²) in [5, 5.41) is 7.46. The van der Waals surface area contributed by atoms with Crippen LogP contribution in [0.2, 0.25) is 0 Å². The molecule has 0 saturated carbocycles. The number of nitrogens with one attached hydrogen (secondary N) is 1.